The molecule has 1 amide bonds. The number of nitrogens with one attached hydrogen (secondary N) is 1. The summed E-state index contributed by atoms with van der Waals surface area (Å²) >= 11 is 3.50. The summed E-state index contributed by atoms with van der Waals surface area (Å²) in [5, 5.41) is 2.95. The molecule has 0 aliphatic rings. The van der Waals surface area contributed by atoms with E-state index in [0.717, 1.165) is 28.7 Å². The van der Waals surface area contributed by atoms with E-state index >= 15 is 0 Å². The fraction of sp³-hybridized carbons (Fsp3) is 0.267. The molecule has 0 saturated heterocycles. The molecular weight excluding hydrogens is 304 g/mol. The van der Waals surface area contributed by atoms with Crippen LogP contribution in [0.2, 0.25) is 0 Å². The number of halogens is 1. The molecule has 0 unspecified atom stereocenters. The van der Waals surface area contributed by atoms with Gasteiger partial charge < -0.3 is 9.88 Å². The average Bonchev–Trinajstić information content (AvgIpc) is 2.84. The molecule has 1 N–H and O–H groups in total. The molecule has 100 valence electrons. The van der Waals surface area contributed by atoms with Gasteiger partial charge in [0.1, 0.15) is 5.69 Å². The number of anilines is 1. The lowest BCUT2D eigenvalue weighted by atomic mass is 10.2. The molecule has 4 heteroatoms. The van der Waals surface area contributed by atoms with Crippen LogP contribution in [0, 0.1) is 6.92 Å². The van der Waals surface area contributed by atoms with Gasteiger partial charge in [0.2, 0.25) is 0 Å². The zero-order chi connectivity index (χ0) is 13.8. The van der Waals surface area contributed by atoms with E-state index in [-0.39, 0.29) is 5.91 Å². The van der Waals surface area contributed by atoms with Crippen molar-refractivity contribution in [3.8, 4) is 0 Å². The standard InChI is InChI=1S/C15H17BrN2O/c1-3-9-18-10-5-8-13(18)15(19)17-12-7-4-6-11(2)14(12)16/h4-8,10H,3,9H2,1-2H3,(H,17,19). The highest BCUT2D eigenvalue weighted by molar-refractivity contribution is 9.10. The highest BCUT2D eigenvalue weighted by atomic mass is 79.9. The minimum Gasteiger partial charge on any atom is -0.344 e. The number of hydrogen-bond acceptors (Lipinski definition) is 1. The minimum absolute atomic E-state index is 0.0789. The Morgan fingerprint density at radius 3 is 2.84 bits per heavy atom. The summed E-state index contributed by atoms with van der Waals surface area (Å²) in [4.78, 5) is 12.3. The molecule has 2 aromatic rings. The van der Waals surface area contributed by atoms with Crippen molar-refractivity contribution >= 4 is 27.5 Å². The number of carbonyl (C=O) groups excluding carboxylic acids is 1. The van der Waals surface area contributed by atoms with E-state index in [1.165, 1.54) is 0 Å². The SMILES string of the molecule is CCCn1cccc1C(=O)Nc1cccc(C)c1Br. The second kappa shape index (κ2) is 6.06. The third-order valence-corrected chi connectivity index (χ3v) is 4.02. The van der Waals surface area contributed by atoms with Gasteiger partial charge in [-0.2, -0.15) is 0 Å². The highest BCUT2D eigenvalue weighted by Crippen LogP contribution is 2.26. The molecule has 0 bridgehead atoms. The van der Waals surface area contributed by atoms with Crippen molar-refractivity contribution in [2.45, 2.75) is 26.8 Å². The van der Waals surface area contributed by atoms with Gasteiger partial charge in [-0.25, -0.2) is 0 Å². The number of benzene rings is 1. The Morgan fingerprint density at radius 2 is 2.11 bits per heavy atom. The molecule has 0 spiro atoms. The first kappa shape index (κ1) is 13.9. The Kier molecular flexibility index (Phi) is 4.43. The summed E-state index contributed by atoms with van der Waals surface area (Å²) < 4.78 is 2.90. The van der Waals surface area contributed by atoms with Gasteiger partial charge >= 0.3 is 0 Å². The third kappa shape index (κ3) is 3.07. The number of rotatable bonds is 4. The first-order valence-electron chi connectivity index (χ1n) is 6.35. The molecule has 0 atom stereocenters. The molecule has 2 rings (SSSR count). The summed E-state index contributed by atoms with van der Waals surface area (Å²) in [6.45, 7) is 4.95. The maximum Gasteiger partial charge on any atom is 0.272 e. The first-order chi connectivity index (χ1) is 9.13. The van der Waals surface area contributed by atoms with Gasteiger partial charge in [0.15, 0.2) is 0 Å². The second-order valence-electron chi connectivity index (χ2n) is 4.48. The van der Waals surface area contributed by atoms with E-state index in [1.54, 1.807) is 0 Å². The Labute approximate surface area is 121 Å². The topological polar surface area (TPSA) is 34.0 Å². The number of nitrogens with zero attached hydrogens (tertiary/aromatic N) is 1. The summed E-state index contributed by atoms with van der Waals surface area (Å²) in [5.74, 6) is -0.0789. The molecule has 0 aliphatic heterocycles. The van der Waals surface area contributed by atoms with Crippen LogP contribution in [-0.2, 0) is 6.54 Å². The molecule has 1 heterocycles. The average molecular weight is 321 g/mol. The van der Waals surface area contributed by atoms with Crippen molar-refractivity contribution in [2.24, 2.45) is 0 Å². The fourth-order valence-corrected chi connectivity index (χ4v) is 2.35. The van der Waals surface area contributed by atoms with Crippen molar-refractivity contribution in [1.82, 2.24) is 4.57 Å². The molecule has 1 aromatic heterocycles. The Balaban J connectivity index is 2.21. The smallest absolute Gasteiger partial charge is 0.272 e. The third-order valence-electron chi connectivity index (χ3n) is 2.97. The highest BCUT2D eigenvalue weighted by Gasteiger charge is 2.12. The van der Waals surface area contributed by atoms with Crippen molar-refractivity contribution in [2.75, 3.05) is 5.32 Å². The second-order valence-corrected chi connectivity index (χ2v) is 5.27. The summed E-state index contributed by atoms with van der Waals surface area (Å²) in [5.41, 5.74) is 2.59. The van der Waals surface area contributed by atoms with Gasteiger partial charge in [0.05, 0.1) is 5.69 Å². The van der Waals surface area contributed by atoms with Crippen LogP contribution in [0.3, 0.4) is 0 Å². The molecule has 0 fully saturated rings. The van der Waals surface area contributed by atoms with Crippen molar-refractivity contribution in [3.63, 3.8) is 0 Å². The lowest BCUT2D eigenvalue weighted by molar-refractivity contribution is 0.101. The van der Waals surface area contributed by atoms with Crippen LogP contribution in [0.15, 0.2) is 41.0 Å². The zero-order valence-corrected chi connectivity index (χ0v) is 12.7. The molecule has 19 heavy (non-hydrogen) atoms. The van der Waals surface area contributed by atoms with E-state index < -0.39 is 0 Å². The minimum atomic E-state index is -0.0789. The fourth-order valence-electron chi connectivity index (χ4n) is 1.99. The molecule has 0 radical (unpaired) electrons. The molecular formula is C15H17BrN2O. The summed E-state index contributed by atoms with van der Waals surface area (Å²) in [7, 11) is 0. The van der Waals surface area contributed by atoms with Gasteiger partial charge in [-0.15, -0.1) is 0 Å². The lowest BCUT2D eigenvalue weighted by Gasteiger charge is -2.11. The molecule has 3 nitrogen and oxygen atoms in total. The Morgan fingerprint density at radius 1 is 1.32 bits per heavy atom. The van der Waals surface area contributed by atoms with Crippen molar-refractivity contribution in [3.05, 3.63) is 52.3 Å². The van der Waals surface area contributed by atoms with Crippen LogP contribution < -0.4 is 5.32 Å². The van der Waals surface area contributed by atoms with Crippen LogP contribution in [0.4, 0.5) is 5.69 Å². The van der Waals surface area contributed by atoms with Crippen molar-refractivity contribution in [1.29, 1.82) is 0 Å². The molecule has 1 aromatic carbocycles. The monoisotopic (exact) mass is 320 g/mol. The summed E-state index contributed by atoms with van der Waals surface area (Å²) in [6.07, 6.45) is 2.94. The number of aromatic nitrogens is 1. The van der Waals surface area contributed by atoms with E-state index in [9.17, 15) is 4.79 Å². The maximum absolute atomic E-state index is 12.3. The maximum atomic E-state index is 12.3. The van der Waals surface area contributed by atoms with E-state index in [2.05, 4.69) is 28.2 Å². The molecule has 0 aliphatic carbocycles. The number of amides is 1. The number of carbonyl (C=O) groups is 1. The van der Waals surface area contributed by atoms with Gasteiger partial charge in [-0.05, 0) is 53.0 Å². The van der Waals surface area contributed by atoms with Crippen LogP contribution >= 0.6 is 15.9 Å². The van der Waals surface area contributed by atoms with Crippen LogP contribution in [-0.4, -0.2) is 10.5 Å². The number of hydrogen-bond donors (Lipinski definition) is 1. The van der Waals surface area contributed by atoms with Gasteiger partial charge in [-0.1, -0.05) is 19.1 Å². The normalized spacial score (nSPS) is 10.5. The quantitative estimate of drug-likeness (QED) is 0.899. The predicted molar refractivity (Wildman–Crippen MR) is 81.6 cm³/mol. The Bertz CT molecular complexity index is 590. The number of aryl methyl sites for hydroxylation is 2. The first-order valence-corrected chi connectivity index (χ1v) is 7.14. The molecule has 0 saturated carbocycles. The lowest BCUT2D eigenvalue weighted by Crippen LogP contribution is -2.17. The van der Waals surface area contributed by atoms with Crippen LogP contribution in [0.1, 0.15) is 29.4 Å². The van der Waals surface area contributed by atoms with E-state index in [4.69, 9.17) is 0 Å². The van der Waals surface area contributed by atoms with Crippen LogP contribution in [0.25, 0.3) is 0 Å². The van der Waals surface area contributed by atoms with Gasteiger partial charge in [0, 0.05) is 17.2 Å². The predicted octanol–water partition coefficient (Wildman–Crippen LogP) is 4.22. The zero-order valence-electron chi connectivity index (χ0n) is 11.1. The Hall–Kier alpha value is -1.55. The van der Waals surface area contributed by atoms with Crippen LogP contribution in [0.5, 0.6) is 0 Å². The van der Waals surface area contributed by atoms with E-state index in [1.807, 2.05) is 48.0 Å². The van der Waals surface area contributed by atoms with Gasteiger partial charge in [-0.3, -0.25) is 4.79 Å². The van der Waals surface area contributed by atoms with Crippen molar-refractivity contribution < 1.29 is 4.79 Å². The largest absolute Gasteiger partial charge is 0.344 e. The van der Waals surface area contributed by atoms with Gasteiger partial charge in [0.25, 0.3) is 5.91 Å². The van der Waals surface area contributed by atoms with E-state index in [0.29, 0.717) is 5.69 Å². The summed E-state index contributed by atoms with van der Waals surface area (Å²) in [6, 6.07) is 9.56.